The first-order valence-electron chi connectivity index (χ1n) is 7.81. The number of benzene rings is 2. The third kappa shape index (κ3) is 4.01. The van der Waals surface area contributed by atoms with Crippen molar-refractivity contribution in [1.82, 2.24) is 31.1 Å². The van der Waals surface area contributed by atoms with E-state index >= 15 is 0 Å². The lowest BCUT2D eigenvalue weighted by molar-refractivity contribution is 0.0944. The molecule has 26 heavy (non-hydrogen) atoms. The number of nitrogens with one attached hydrogen (secondary N) is 3. The summed E-state index contributed by atoms with van der Waals surface area (Å²) in [4.78, 5) is 12.2. The SMILES string of the molecule is Cc1cccc(NC(=S)NNC(=O)c2ccc(-n3cnnn3)cc2)c1C. The van der Waals surface area contributed by atoms with Crippen LogP contribution in [0.1, 0.15) is 21.5 Å². The Bertz CT molecular complexity index is 923. The number of thiocarbonyl (C=S) groups is 1. The van der Waals surface area contributed by atoms with Gasteiger partial charge >= 0.3 is 0 Å². The summed E-state index contributed by atoms with van der Waals surface area (Å²) in [5.74, 6) is -0.307. The summed E-state index contributed by atoms with van der Waals surface area (Å²) in [6, 6.07) is 12.7. The van der Waals surface area contributed by atoms with Gasteiger partial charge in [0.15, 0.2) is 5.11 Å². The molecule has 2 aromatic carbocycles. The second-order valence-electron chi connectivity index (χ2n) is 5.58. The quantitative estimate of drug-likeness (QED) is 0.481. The Morgan fingerprint density at radius 2 is 1.85 bits per heavy atom. The van der Waals surface area contributed by atoms with E-state index in [0.29, 0.717) is 10.7 Å². The fourth-order valence-corrected chi connectivity index (χ4v) is 2.43. The largest absolute Gasteiger partial charge is 0.331 e. The number of aromatic nitrogens is 4. The molecule has 3 aromatic rings. The molecule has 0 aliphatic heterocycles. The number of anilines is 1. The van der Waals surface area contributed by atoms with Crippen LogP contribution < -0.4 is 16.2 Å². The lowest BCUT2D eigenvalue weighted by Crippen LogP contribution is -2.43. The molecule has 1 amide bonds. The normalized spacial score (nSPS) is 10.2. The van der Waals surface area contributed by atoms with Gasteiger partial charge in [0.2, 0.25) is 0 Å². The van der Waals surface area contributed by atoms with Crippen LogP contribution in [-0.2, 0) is 0 Å². The molecule has 9 heteroatoms. The lowest BCUT2D eigenvalue weighted by Gasteiger charge is -2.14. The van der Waals surface area contributed by atoms with Crippen molar-refractivity contribution in [1.29, 1.82) is 0 Å². The van der Waals surface area contributed by atoms with E-state index < -0.39 is 0 Å². The Morgan fingerprint density at radius 1 is 1.08 bits per heavy atom. The van der Waals surface area contributed by atoms with E-state index in [1.807, 2.05) is 32.0 Å². The van der Waals surface area contributed by atoms with Gasteiger partial charge in [-0.05, 0) is 78.0 Å². The summed E-state index contributed by atoms with van der Waals surface area (Å²) in [6.07, 6.45) is 1.48. The Hall–Kier alpha value is -3.33. The molecule has 0 aliphatic carbocycles. The molecule has 3 N–H and O–H groups in total. The Balaban J connectivity index is 1.56. The maximum Gasteiger partial charge on any atom is 0.269 e. The van der Waals surface area contributed by atoms with Crippen molar-refractivity contribution < 1.29 is 4.79 Å². The summed E-state index contributed by atoms with van der Waals surface area (Å²) in [6.45, 7) is 4.03. The molecule has 0 saturated carbocycles. The van der Waals surface area contributed by atoms with Gasteiger partial charge in [-0.2, -0.15) is 0 Å². The minimum Gasteiger partial charge on any atom is -0.331 e. The van der Waals surface area contributed by atoms with Crippen LogP contribution in [0.2, 0.25) is 0 Å². The van der Waals surface area contributed by atoms with Crippen LogP contribution in [0.3, 0.4) is 0 Å². The number of hydrogen-bond donors (Lipinski definition) is 3. The molecule has 0 aliphatic rings. The van der Waals surface area contributed by atoms with Crippen LogP contribution in [-0.4, -0.2) is 31.2 Å². The van der Waals surface area contributed by atoms with Crippen LogP contribution in [0.15, 0.2) is 48.8 Å². The fraction of sp³-hybridized carbons (Fsp3) is 0.118. The monoisotopic (exact) mass is 367 g/mol. The van der Waals surface area contributed by atoms with Crippen LogP contribution in [0.4, 0.5) is 5.69 Å². The minimum absolute atomic E-state index is 0.303. The molecule has 0 fully saturated rings. The first-order valence-corrected chi connectivity index (χ1v) is 8.22. The number of hydrogen-bond acceptors (Lipinski definition) is 5. The van der Waals surface area contributed by atoms with Crippen molar-refractivity contribution in [3.05, 3.63) is 65.5 Å². The van der Waals surface area contributed by atoms with E-state index in [1.54, 1.807) is 24.3 Å². The van der Waals surface area contributed by atoms with Gasteiger partial charge in [0, 0.05) is 11.3 Å². The van der Waals surface area contributed by atoms with Crippen molar-refractivity contribution >= 4 is 28.9 Å². The van der Waals surface area contributed by atoms with Gasteiger partial charge < -0.3 is 5.32 Å². The highest BCUT2D eigenvalue weighted by Gasteiger charge is 2.08. The zero-order valence-electron chi connectivity index (χ0n) is 14.2. The molecule has 8 nitrogen and oxygen atoms in total. The number of carbonyl (C=O) groups is 1. The molecule has 0 atom stereocenters. The number of aryl methyl sites for hydroxylation is 1. The van der Waals surface area contributed by atoms with Gasteiger partial charge in [0.1, 0.15) is 6.33 Å². The molecule has 0 spiro atoms. The highest BCUT2D eigenvalue weighted by Crippen LogP contribution is 2.17. The molecule has 132 valence electrons. The van der Waals surface area contributed by atoms with Crippen LogP contribution >= 0.6 is 12.2 Å². The Kier molecular flexibility index (Phi) is 5.18. The number of hydrazine groups is 1. The summed E-state index contributed by atoms with van der Waals surface area (Å²) >= 11 is 5.22. The van der Waals surface area contributed by atoms with E-state index in [9.17, 15) is 4.79 Å². The third-order valence-electron chi connectivity index (χ3n) is 3.89. The van der Waals surface area contributed by atoms with Crippen molar-refractivity contribution in [2.75, 3.05) is 5.32 Å². The summed E-state index contributed by atoms with van der Waals surface area (Å²) < 4.78 is 1.50. The van der Waals surface area contributed by atoms with Gasteiger partial charge in [-0.1, -0.05) is 12.1 Å². The Labute approximate surface area is 155 Å². The molecule has 0 unspecified atom stereocenters. The van der Waals surface area contributed by atoms with E-state index in [-0.39, 0.29) is 5.91 Å². The van der Waals surface area contributed by atoms with E-state index in [2.05, 4.69) is 31.7 Å². The predicted octanol–water partition coefficient (Wildman–Crippen LogP) is 1.91. The first kappa shape index (κ1) is 17.5. The van der Waals surface area contributed by atoms with Crippen LogP contribution in [0, 0.1) is 13.8 Å². The average molecular weight is 367 g/mol. The smallest absolute Gasteiger partial charge is 0.269 e. The zero-order chi connectivity index (χ0) is 18.5. The summed E-state index contributed by atoms with van der Waals surface area (Å²) in [7, 11) is 0. The fourth-order valence-electron chi connectivity index (χ4n) is 2.27. The number of carbonyl (C=O) groups excluding carboxylic acids is 1. The van der Waals surface area contributed by atoms with Gasteiger partial charge in [-0.3, -0.25) is 15.6 Å². The standard InChI is InChI=1S/C17H17N7OS/c1-11-4-3-5-15(12(11)2)19-17(26)21-20-16(25)13-6-8-14(9-7-13)24-10-18-22-23-24/h3-10H,1-2H3,(H,20,25)(H2,19,21,26). The van der Waals surface area contributed by atoms with Gasteiger partial charge in [-0.25, -0.2) is 4.68 Å². The van der Waals surface area contributed by atoms with Crippen LogP contribution in [0.25, 0.3) is 5.69 Å². The second-order valence-corrected chi connectivity index (χ2v) is 5.99. The second kappa shape index (κ2) is 7.70. The average Bonchev–Trinajstić information content (AvgIpc) is 3.18. The molecule has 3 rings (SSSR count). The zero-order valence-corrected chi connectivity index (χ0v) is 15.0. The molecule has 0 saturated heterocycles. The number of tetrazole rings is 1. The number of rotatable bonds is 3. The molecule has 0 radical (unpaired) electrons. The molecule has 0 bridgehead atoms. The van der Waals surface area contributed by atoms with Crippen molar-refractivity contribution in [3.8, 4) is 5.69 Å². The van der Waals surface area contributed by atoms with E-state index in [4.69, 9.17) is 12.2 Å². The molecular weight excluding hydrogens is 350 g/mol. The van der Waals surface area contributed by atoms with E-state index in [1.165, 1.54) is 11.0 Å². The maximum absolute atomic E-state index is 12.2. The summed E-state index contributed by atoms with van der Waals surface area (Å²) in [5, 5.41) is 14.3. The predicted molar refractivity (Wildman–Crippen MR) is 102 cm³/mol. The highest BCUT2D eigenvalue weighted by molar-refractivity contribution is 7.80. The van der Waals surface area contributed by atoms with Gasteiger partial charge in [-0.15, -0.1) is 5.10 Å². The number of amides is 1. The minimum atomic E-state index is -0.307. The van der Waals surface area contributed by atoms with Gasteiger partial charge in [0.25, 0.3) is 5.91 Å². The first-order chi connectivity index (χ1) is 12.5. The maximum atomic E-state index is 12.2. The molecular formula is C17H17N7OS. The van der Waals surface area contributed by atoms with Gasteiger partial charge in [0.05, 0.1) is 5.69 Å². The number of nitrogens with zero attached hydrogens (tertiary/aromatic N) is 4. The lowest BCUT2D eigenvalue weighted by atomic mass is 10.1. The topological polar surface area (TPSA) is 96.8 Å². The third-order valence-corrected chi connectivity index (χ3v) is 4.09. The molecule has 1 aromatic heterocycles. The van der Waals surface area contributed by atoms with Crippen LogP contribution in [0.5, 0.6) is 0 Å². The van der Waals surface area contributed by atoms with E-state index in [0.717, 1.165) is 22.5 Å². The molecule has 1 heterocycles. The van der Waals surface area contributed by atoms with Crippen molar-refractivity contribution in [2.24, 2.45) is 0 Å². The van der Waals surface area contributed by atoms with Crippen molar-refractivity contribution in [2.45, 2.75) is 13.8 Å². The highest BCUT2D eigenvalue weighted by atomic mass is 32.1. The van der Waals surface area contributed by atoms with Crippen molar-refractivity contribution in [3.63, 3.8) is 0 Å². The summed E-state index contributed by atoms with van der Waals surface area (Å²) in [5.41, 5.74) is 9.65. The Morgan fingerprint density at radius 3 is 2.54 bits per heavy atom.